The summed E-state index contributed by atoms with van der Waals surface area (Å²) >= 11 is 0. The van der Waals surface area contributed by atoms with Crippen molar-refractivity contribution in [3.63, 3.8) is 0 Å². The van der Waals surface area contributed by atoms with Gasteiger partial charge in [-0.2, -0.15) is 10.5 Å². The molecule has 0 N–H and O–H groups in total. The number of nitrogens with zero attached hydrogens (tertiary/aromatic N) is 4. The second-order valence-electron chi connectivity index (χ2n) is 11.9. The third-order valence-electron chi connectivity index (χ3n) is 8.78. The predicted molar refractivity (Wildman–Crippen MR) is 193 cm³/mol. The highest BCUT2D eigenvalue weighted by Crippen LogP contribution is 2.29. The Morgan fingerprint density at radius 3 is 1.57 bits per heavy atom. The van der Waals surface area contributed by atoms with Crippen LogP contribution in [0.1, 0.15) is 33.4 Å². The van der Waals surface area contributed by atoms with Crippen molar-refractivity contribution in [2.45, 2.75) is 20.3 Å². The Kier molecular flexibility index (Phi) is 7.85. The molecular formula is C43H32N4. The van der Waals surface area contributed by atoms with Crippen LogP contribution < -0.4 is 0 Å². The molecule has 2 heterocycles. The van der Waals surface area contributed by atoms with Gasteiger partial charge >= 0.3 is 0 Å². The van der Waals surface area contributed by atoms with Gasteiger partial charge in [0.1, 0.15) is 17.7 Å². The smallest absolute Gasteiger partial charge is 0.130 e. The summed E-state index contributed by atoms with van der Waals surface area (Å²) in [7, 11) is 0. The van der Waals surface area contributed by atoms with Crippen LogP contribution in [0.4, 0.5) is 0 Å². The summed E-state index contributed by atoms with van der Waals surface area (Å²) in [4.78, 5) is 0. The lowest BCUT2D eigenvalue weighted by atomic mass is 9.95. The molecule has 0 aliphatic heterocycles. The SMILES string of the molecule is Cc1cn(-c2ccc(/C=C(/Cc3ccc(C=C(C#N)C#N)cc3)c3ccc(-n4cc(C)c5ccccc54)cc3)cc2)c2ccccc12. The molecule has 2 aromatic heterocycles. The van der Waals surface area contributed by atoms with E-state index in [0.29, 0.717) is 0 Å². The van der Waals surface area contributed by atoms with Gasteiger partial charge in [0.25, 0.3) is 0 Å². The number of fused-ring (bicyclic) bond motifs is 2. The first-order valence-corrected chi connectivity index (χ1v) is 15.7. The summed E-state index contributed by atoms with van der Waals surface area (Å²) in [5, 5.41) is 20.8. The molecule has 47 heavy (non-hydrogen) atoms. The Labute approximate surface area is 275 Å². The van der Waals surface area contributed by atoms with E-state index in [4.69, 9.17) is 10.5 Å². The monoisotopic (exact) mass is 604 g/mol. The molecule has 0 spiro atoms. The molecule has 0 saturated heterocycles. The van der Waals surface area contributed by atoms with Crippen LogP contribution in [0.15, 0.2) is 139 Å². The van der Waals surface area contributed by atoms with Crippen molar-refractivity contribution in [2.75, 3.05) is 0 Å². The lowest BCUT2D eigenvalue weighted by molar-refractivity contribution is 1.12. The fourth-order valence-corrected chi connectivity index (χ4v) is 6.34. The number of benzene rings is 5. The van der Waals surface area contributed by atoms with Gasteiger partial charge in [-0.15, -0.1) is 0 Å². The topological polar surface area (TPSA) is 57.4 Å². The number of allylic oxidation sites excluding steroid dienone is 2. The molecule has 0 amide bonds. The van der Waals surface area contributed by atoms with Gasteiger partial charge in [0, 0.05) is 34.5 Å². The van der Waals surface area contributed by atoms with Gasteiger partial charge in [0.2, 0.25) is 0 Å². The largest absolute Gasteiger partial charge is 0.316 e. The van der Waals surface area contributed by atoms with E-state index in [-0.39, 0.29) is 5.57 Å². The third kappa shape index (κ3) is 5.89. The van der Waals surface area contributed by atoms with Gasteiger partial charge < -0.3 is 9.13 Å². The fourth-order valence-electron chi connectivity index (χ4n) is 6.34. The first kappa shape index (κ1) is 29.4. The van der Waals surface area contributed by atoms with Gasteiger partial charge in [-0.1, -0.05) is 91.0 Å². The number of para-hydroxylation sites is 2. The average Bonchev–Trinajstić information content (AvgIpc) is 3.64. The summed E-state index contributed by atoms with van der Waals surface area (Å²) in [6, 6.07) is 46.5. The van der Waals surface area contributed by atoms with Gasteiger partial charge in [0.15, 0.2) is 0 Å². The van der Waals surface area contributed by atoms with E-state index in [9.17, 15) is 0 Å². The van der Waals surface area contributed by atoms with Gasteiger partial charge in [0.05, 0.1) is 11.0 Å². The van der Waals surface area contributed by atoms with E-state index in [0.717, 1.165) is 40.0 Å². The first-order valence-electron chi connectivity index (χ1n) is 15.7. The molecule has 5 aromatic carbocycles. The molecule has 0 radical (unpaired) electrons. The molecule has 0 unspecified atom stereocenters. The van der Waals surface area contributed by atoms with Crippen LogP contribution in [-0.4, -0.2) is 9.13 Å². The zero-order valence-corrected chi connectivity index (χ0v) is 26.4. The maximum absolute atomic E-state index is 9.15. The molecule has 0 fully saturated rings. The Morgan fingerprint density at radius 2 is 1.04 bits per heavy atom. The highest BCUT2D eigenvalue weighted by molar-refractivity contribution is 5.87. The molecule has 0 bridgehead atoms. The Bertz CT molecular complexity index is 2370. The molecule has 0 aliphatic rings. The highest BCUT2D eigenvalue weighted by atomic mass is 15.0. The average molecular weight is 605 g/mol. The van der Waals surface area contributed by atoms with Crippen molar-refractivity contribution < 1.29 is 0 Å². The third-order valence-corrected chi connectivity index (χ3v) is 8.78. The quantitative estimate of drug-likeness (QED) is 0.134. The number of aryl methyl sites for hydroxylation is 2. The van der Waals surface area contributed by atoms with E-state index >= 15 is 0 Å². The Hall–Kier alpha value is -6.36. The number of nitriles is 2. The zero-order valence-electron chi connectivity index (χ0n) is 26.4. The second kappa shape index (κ2) is 12.6. The Morgan fingerprint density at radius 1 is 0.574 bits per heavy atom. The molecule has 7 rings (SSSR count). The summed E-state index contributed by atoms with van der Waals surface area (Å²) in [5.41, 5.74) is 12.7. The minimum atomic E-state index is 0.0932. The standard InChI is InChI=1S/C43H32N4/c1-30-28-46(42-9-5-3-7-40(30)42)38-19-15-34(16-20-38)25-37(24-33-13-11-32(12-14-33)23-35(26-44)27-45)36-17-21-39(22-18-36)47-29-31(2)41-8-4-6-10-43(41)47/h3-23,25,28-29H,24H2,1-2H3/b37-25-. The predicted octanol–water partition coefficient (Wildman–Crippen LogP) is 10.4. The fraction of sp³-hybridized carbons (Fsp3) is 0.0698. The second-order valence-corrected chi connectivity index (χ2v) is 11.9. The minimum Gasteiger partial charge on any atom is -0.316 e. The molecule has 0 atom stereocenters. The van der Waals surface area contributed by atoms with Crippen LogP contribution >= 0.6 is 0 Å². The van der Waals surface area contributed by atoms with Crippen molar-refractivity contribution in [3.05, 3.63) is 173 Å². The number of aromatic nitrogens is 2. The maximum Gasteiger partial charge on any atom is 0.130 e. The normalized spacial score (nSPS) is 11.4. The van der Waals surface area contributed by atoms with Crippen LogP contribution in [0.3, 0.4) is 0 Å². The van der Waals surface area contributed by atoms with Crippen LogP contribution in [0.2, 0.25) is 0 Å². The van der Waals surface area contributed by atoms with E-state index in [2.05, 4.69) is 151 Å². The molecule has 7 aromatic rings. The molecule has 4 nitrogen and oxygen atoms in total. The maximum atomic E-state index is 9.15. The lowest BCUT2D eigenvalue weighted by Crippen LogP contribution is -1.95. The van der Waals surface area contributed by atoms with Crippen molar-refractivity contribution in [1.29, 1.82) is 10.5 Å². The van der Waals surface area contributed by atoms with E-state index in [1.54, 1.807) is 6.08 Å². The molecule has 0 aliphatic carbocycles. The number of hydrogen-bond acceptors (Lipinski definition) is 2. The Balaban J connectivity index is 1.24. The van der Waals surface area contributed by atoms with Crippen molar-refractivity contribution in [1.82, 2.24) is 9.13 Å². The molecule has 0 saturated carbocycles. The zero-order chi connectivity index (χ0) is 32.3. The highest BCUT2D eigenvalue weighted by Gasteiger charge is 2.10. The van der Waals surface area contributed by atoms with Crippen LogP contribution in [0.5, 0.6) is 0 Å². The van der Waals surface area contributed by atoms with E-state index in [1.807, 2.05) is 24.3 Å². The van der Waals surface area contributed by atoms with Crippen LogP contribution in [-0.2, 0) is 6.42 Å². The lowest BCUT2D eigenvalue weighted by Gasteiger charge is -2.12. The van der Waals surface area contributed by atoms with Crippen LogP contribution in [0, 0.1) is 36.5 Å². The van der Waals surface area contributed by atoms with E-state index in [1.165, 1.54) is 38.5 Å². The summed E-state index contributed by atoms with van der Waals surface area (Å²) in [6.07, 6.45) is 9.01. The van der Waals surface area contributed by atoms with Crippen molar-refractivity contribution in [3.8, 4) is 23.5 Å². The molecular weight excluding hydrogens is 573 g/mol. The molecule has 224 valence electrons. The van der Waals surface area contributed by atoms with Gasteiger partial charge in [-0.25, -0.2) is 0 Å². The summed E-state index contributed by atoms with van der Waals surface area (Å²) in [6.45, 7) is 4.31. The summed E-state index contributed by atoms with van der Waals surface area (Å²) < 4.78 is 4.51. The number of hydrogen-bond donors (Lipinski definition) is 0. The number of rotatable bonds is 7. The van der Waals surface area contributed by atoms with Crippen molar-refractivity contribution >= 4 is 39.5 Å². The summed E-state index contributed by atoms with van der Waals surface area (Å²) in [5.74, 6) is 0. The first-order chi connectivity index (χ1) is 23.0. The molecule has 4 heteroatoms. The minimum absolute atomic E-state index is 0.0932. The van der Waals surface area contributed by atoms with Gasteiger partial charge in [-0.3, -0.25) is 0 Å². The van der Waals surface area contributed by atoms with Crippen molar-refractivity contribution in [2.24, 2.45) is 0 Å². The van der Waals surface area contributed by atoms with E-state index < -0.39 is 0 Å². The van der Waals surface area contributed by atoms with Crippen LogP contribution in [0.25, 0.3) is 50.9 Å². The van der Waals surface area contributed by atoms with Gasteiger partial charge in [-0.05, 0) is 102 Å².